The van der Waals surface area contributed by atoms with E-state index in [-0.39, 0.29) is 30.3 Å². The van der Waals surface area contributed by atoms with Gasteiger partial charge in [0.25, 0.3) is 5.91 Å². The number of hydrogen-bond donors (Lipinski definition) is 2. The maximum atomic E-state index is 13.3. The summed E-state index contributed by atoms with van der Waals surface area (Å²) in [6, 6.07) is 23.1. The van der Waals surface area contributed by atoms with Crippen LogP contribution in [0.1, 0.15) is 52.5 Å². The van der Waals surface area contributed by atoms with Crippen LogP contribution in [0.5, 0.6) is 5.75 Å². The Morgan fingerprint density at radius 3 is 2.40 bits per heavy atom. The third kappa shape index (κ3) is 5.19. The molecule has 2 N–H and O–H groups in total. The van der Waals surface area contributed by atoms with Crippen molar-refractivity contribution in [2.75, 3.05) is 13.7 Å². The van der Waals surface area contributed by atoms with E-state index in [0.717, 1.165) is 11.1 Å². The third-order valence-corrected chi connectivity index (χ3v) is 6.18. The van der Waals surface area contributed by atoms with E-state index in [1.807, 2.05) is 67.6 Å². The van der Waals surface area contributed by atoms with Gasteiger partial charge in [0.15, 0.2) is 0 Å². The monoisotopic (exact) mass is 471 g/mol. The Labute approximate surface area is 205 Å². The van der Waals surface area contributed by atoms with Crippen LogP contribution in [0, 0.1) is 0 Å². The molecule has 7 heteroatoms. The number of amides is 3. The lowest BCUT2D eigenvalue weighted by Gasteiger charge is -2.25. The number of carbonyl (C=O) groups excluding carboxylic acids is 3. The van der Waals surface area contributed by atoms with Gasteiger partial charge in [-0.25, -0.2) is 0 Å². The first kappa shape index (κ1) is 24.0. The molecule has 3 amide bonds. The van der Waals surface area contributed by atoms with Gasteiger partial charge in [-0.15, -0.1) is 0 Å². The van der Waals surface area contributed by atoms with Gasteiger partial charge in [0.2, 0.25) is 11.8 Å². The van der Waals surface area contributed by atoms with E-state index >= 15 is 0 Å². The maximum Gasteiger partial charge on any atom is 0.255 e. The fourth-order valence-electron chi connectivity index (χ4n) is 4.46. The molecule has 0 saturated carbocycles. The summed E-state index contributed by atoms with van der Waals surface area (Å²) in [5, 5.41) is 5.70. The topological polar surface area (TPSA) is 87.7 Å². The summed E-state index contributed by atoms with van der Waals surface area (Å²) in [6.45, 7) is 2.07. The third-order valence-electron chi connectivity index (χ3n) is 6.18. The van der Waals surface area contributed by atoms with Gasteiger partial charge in [0.1, 0.15) is 11.8 Å². The molecule has 4 rings (SSSR count). The summed E-state index contributed by atoms with van der Waals surface area (Å²) < 4.78 is 5.42. The molecule has 0 spiro atoms. The van der Waals surface area contributed by atoms with Gasteiger partial charge < -0.3 is 20.3 Å². The van der Waals surface area contributed by atoms with Crippen LogP contribution < -0.4 is 15.4 Å². The highest BCUT2D eigenvalue weighted by molar-refractivity contribution is 6.05. The highest BCUT2D eigenvalue weighted by Gasteiger charge is 2.40. The number of carbonyl (C=O) groups is 3. The Balaban J connectivity index is 1.46. The van der Waals surface area contributed by atoms with Crippen molar-refractivity contribution in [1.29, 1.82) is 0 Å². The second kappa shape index (κ2) is 10.9. The molecule has 0 aromatic heterocycles. The summed E-state index contributed by atoms with van der Waals surface area (Å²) in [5.41, 5.74) is 2.95. The number of para-hydroxylation sites is 1. The standard InChI is InChI=1S/C28H29N3O4/c1-3-23(22-15-9-10-16-24(22)35-2)30-25(32)17-29-27(33)26-20-13-7-8-14-21(20)28(34)31(26)18-19-11-5-4-6-12-19/h4-16,23,26H,3,17-18H2,1-2H3,(H,29,33)(H,30,32)/t23-,26+/m1/s1. The molecule has 0 radical (unpaired) electrons. The molecular formula is C28H29N3O4. The molecule has 0 unspecified atom stereocenters. The smallest absolute Gasteiger partial charge is 0.255 e. The number of fused-ring (bicyclic) bond motifs is 1. The molecule has 0 fully saturated rings. The van der Waals surface area contributed by atoms with Crippen LogP contribution in [0.3, 0.4) is 0 Å². The molecule has 180 valence electrons. The molecule has 3 aromatic carbocycles. The molecule has 2 atom stereocenters. The van der Waals surface area contributed by atoms with Crippen molar-refractivity contribution in [3.8, 4) is 5.75 Å². The van der Waals surface area contributed by atoms with Gasteiger partial charge in [-0.3, -0.25) is 14.4 Å². The molecule has 1 heterocycles. The van der Waals surface area contributed by atoms with Crippen LogP contribution in [-0.4, -0.2) is 36.3 Å². The van der Waals surface area contributed by atoms with Crippen molar-refractivity contribution in [3.63, 3.8) is 0 Å². The van der Waals surface area contributed by atoms with E-state index < -0.39 is 6.04 Å². The summed E-state index contributed by atoms with van der Waals surface area (Å²) in [4.78, 5) is 40.7. The van der Waals surface area contributed by atoms with Gasteiger partial charge in [-0.1, -0.05) is 73.7 Å². The van der Waals surface area contributed by atoms with Crippen LogP contribution in [0.25, 0.3) is 0 Å². The van der Waals surface area contributed by atoms with Gasteiger partial charge in [-0.2, -0.15) is 0 Å². The van der Waals surface area contributed by atoms with Crippen molar-refractivity contribution in [2.45, 2.75) is 32.0 Å². The van der Waals surface area contributed by atoms with Gasteiger partial charge in [0.05, 0.1) is 19.7 Å². The predicted molar refractivity (Wildman–Crippen MR) is 133 cm³/mol. The van der Waals surface area contributed by atoms with Crippen molar-refractivity contribution in [2.24, 2.45) is 0 Å². The number of methoxy groups -OCH3 is 1. The fourth-order valence-corrected chi connectivity index (χ4v) is 4.46. The quantitative estimate of drug-likeness (QED) is 0.497. The summed E-state index contributed by atoms with van der Waals surface area (Å²) in [6.07, 6.45) is 0.662. The Bertz CT molecular complexity index is 1210. The van der Waals surface area contributed by atoms with Crippen molar-refractivity contribution in [1.82, 2.24) is 15.5 Å². The molecular weight excluding hydrogens is 442 g/mol. The molecule has 0 bridgehead atoms. The number of rotatable bonds is 9. The molecule has 3 aromatic rings. The van der Waals surface area contributed by atoms with E-state index in [0.29, 0.717) is 29.8 Å². The van der Waals surface area contributed by atoms with E-state index in [1.54, 1.807) is 30.2 Å². The molecule has 0 aliphatic carbocycles. The largest absolute Gasteiger partial charge is 0.496 e. The zero-order valence-electron chi connectivity index (χ0n) is 19.9. The van der Waals surface area contributed by atoms with Crippen LogP contribution in [0.4, 0.5) is 0 Å². The van der Waals surface area contributed by atoms with E-state index in [9.17, 15) is 14.4 Å². The maximum absolute atomic E-state index is 13.3. The van der Waals surface area contributed by atoms with Crippen molar-refractivity contribution < 1.29 is 19.1 Å². The number of nitrogens with zero attached hydrogens (tertiary/aromatic N) is 1. The lowest BCUT2D eigenvalue weighted by atomic mass is 10.0. The van der Waals surface area contributed by atoms with Gasteiger partial charge in [-0.05, 0) is 29.7 Å². The molecule has 1 aliphatic rings. The molecule has 7 nitrogen and oxygen atoms in total. The SMILES string of the molecule is CC[C@@H](NC(=O)CNC(=O)[C@@H]1c2ccccc2C(=O)N1Cc1ccccc1)c1ccccc1OC. The van der Waals surface area contributed by atoms with Crippen molar-refractivity contribution in [3.05, 3.63) is 101 Å². The lowest BCUT2D eigenvalue weighted by molar-refractivity contribution is -0.129. The Hall–Kier alpha value is -4.13. The van der Waals surface area contributed by atoms with Gasteiger partial charge >= 0.3 is 0 Å². The minimum absolute atomic E-state index is 0.198. The highest BCUT2D eigenvalue weighted by Crippen LogP contribution is 2.35. The molecule has 35 heavy (non-hydrogen) atoms. The minimum Gasteiger partial charge on any atom is -0.496 e. The summed E-state index contributed by atoms with van der Waals surface area (Å²) in [7, 11) is 1.59. The normalized spacial score (nSPS) is 15.3. The first-order valence-electron chi connectivity index (χ1n) is 11.7. The number of nitrogens with one attached hydrogen (secondary N) is 2. The highest BCUT2D eigenvalue weighted by atomic mass is 16.5. The van der Waals surface area contributed by atoms with E-state index in [4.69, 9.17) is 4.74 Å². The summed E-state index contributed by atoms with van der Waals surface area (Å²) in [5.74, 6) is -0.208. The Morgan fingerprint density at radius 1 is 0.971 bits per heavy atom. The van der Waals surface area contributed by atoms with Crippen molar-refractivity contribution >= 4 is 17.7 Å². The average molecular weight is 472 g/mol. The van der Waals surface area contributed by atoms with Gasteiger partial charge in [0, 0.05) is 17.7 Å². The first-order valence-corrected chi connectivity index (χ1v) is 11.7. The second-order valence-electron chi connectivity index (χ2n) is 8.40. The Morgan fingerprint density at radius 2 is 1.66 bits per heavy atom. The predicted octanol–water partition coefficient (Wildman–Crippen LogP) is 3.78. The van der Waals surface area contributed by atoms with Crippen LogP contribution in [0.2, 0.25) is 0 Å². The molecule has 1 aliphatic heterocycles. The first-order chi connectivity index (χ1) is 17.0. The number of ether oxygens (including phenoxy) is 1. The summed E-state index contributed by atoms with van der Waals surface area (Å²) >= 11 is 0. The average Bonchev–Trinajstić information content (AvgIpc) is 3.17. The van der Waals surface area contributed by atoms with E-state index in [2.05, 4.69) is 10.6 Å². The zero-order chi connectivity index (χ0) is 24.8. The lowest BCUT2D eigenvalue weighted by Crippen LogP contribution is -2.43. The number of hydrogen-bond acceptors (Lipinski definition) is 4. The zero-order valence-corrected chi connectivity index (χ0v) is 19.9. The fraction of sp³-hybridized carbons (Fsp3) is 0.250. The minimum atomic E-state index is -0.803. The van der Waals surface area contributed by atoms with E-state index in [1.165, 1.54) is 0 Å². The second-order valence-corrected chi connectivity index (χ2v) is 8.40. The molecule has 0 saturated heterocycles. The Kier molecular flexibility index (Phi) is 7.45. The van der Waals surface area contributed by atoms with Crippen LogP contribution in [0.15, 0.2) is 78.9 Å². The number of benzene rings is 3. The van der Waals surface area contributed by atoms with Crippen LogP contribution >= 0.6 is 0 Å². The van der Waals surface area contributed by atoms with Crippen LogP contribution in [-0.2, 0) is 16.1 Å².